The van der Waals surface area contributed by atoms with Crippen molar-refractivity contribution < 1.29 is 14.3 Å². The number of hydrogen-bond donors (Lipinski definition) is 1. The Morgan fingerprint density at radius 1 is 1.03 bits per heavy atom. The summed E-state index contributed by atoms with van der Waals surface area (Å²) in [5.74, 6) is -0.478. The van der Waals surface area contributed by atoms with Gasteiger partial charge in [0.05, 0.1) is 23.8 Å². The van der Waals surface area contributed by atoms with E-state index in [-0.39, 0.29) is 18.1 Å². The number of nitrogens with zero attached hydrogens (tertiary/aromatic N) is 1. The van der Waals surface area contributed by atoms with Crippen LogP contribution in [0.5, 0.6) is 0 Å². The number of anilines is 1. The first-order valence-electron chi connectivity index (χ1n) is 10.9. The highest BCUT2D eigenvalue weighted by Crippen LogP contribution is 2.42. The van der Waals surface area contributed by atoms with Gasteiger partial charge in [0.25, 0.3) is 0 Å². The molecule has 3 aromatic rings. The highest BCUT2D eigenvalue weighted by Gasteiger charge is 2.47. The molecule has 1 N–H and O–H groups in total. The predicted octanol–water partition coefficient (Wildman–Crippen LogP) is 5.39. The Hall–Kier alpha value is -2.03. The van der Waals surface area contributed by atoms with Gasteiger partial charge in [-0.25, -0.2) is 0 Å². The minimum Gasteiger partial charge on any atom is -0.378 e. The molecule has 1 amide bonds. The van der Waals surface area contributed by atoms with Crippen LogP contribution in [0.4, 0.5) is 5.69 Å². The summed E-state index contributed by atoms with van der Waals surface area (Å²) in [4.78, 5) is 29.7. The number of morpholine rings is 1. The monoisotopic (exact) mass is 532 g/mol. The summed E-state index contributed by atoms with van der Waals surface area (Å²) in [6.45, 7) is 3.10. The molecule has 5 rings (SSSR count). The van der Waals surface area contributed by atoms with Crippen molar-refractivity contribution in [3.63, 3.8) is 0 Å². The first-order valence-corrected chi connectivity index (χ1v) is 13.5. The van der Waals surface area contributed by atoms with Crippen molar-refractivity contribution in [2.45, 2.75) is 22.1 Å². The smallest absolute Gasteiger partial charge is 0.242 e. The molecule has 2 saturated heterocycles. The maximum Gasteiger partial charge on any atom is 0.242 e. The number of thiophene rings is 1. The van der Waals surface area contributed by atoms with Crippen LogP contribution in [0.1, 0.15) is 17.5 Å². The lowest BCUT2D eigenvalue weighted by Gasteiger charge is -2.40. The Kier molecular flexibility index (Phi) is 6.91. The number of hydrogen-bond acceptors (Lipinski definition) is 6. The van der Waals surface area contributed by atoms with Crippen LogP contribution in [0.3, 0.4) is 0 Å². The summed E-state index contributed by atoms with van der Waals surface area (Å²) in [6, 6.07) is 15.1. The molecule has 0 spiro atoms. The number of Topliss-reactive ketones (excluding diaryl/α,β-unsaturated/α-hetero) is 1. The van der Waals surface area contributed by atoms with E-state index in [0.717, 1.165) is 41.7 Å². The molecule has 34 heavy (non-hydrogen) atoms. The molecule has 0 aliphatic carbocycles. The van der Waals surface area contributed by atoms with E-state index in [1.54, 1.807) is 18.2 Å². The fourth-order valence-corrected chi connectivity index (χ4v) is 6.66. The van der Waals surface area contributed by atoms with E-state index in [2.05, 4.69) is 22.3 Å². The van der Waals surface area contributed by atoms with Gasteiger partial charge in [-0.3, -0.25) is 9.59 Å². The first kappa shape index (κ1) is 23.7. The van der Waals surface area contributed by atoms with E-state index in [1.165, 1.54) is 11.3 Å². The van der Waals surface area contributed by atoms with Gasteiger partial charge in [-0.05, 0) is 58.3 Å². The van der Waals surface area contributed by atoms with Crippen LogP contribution in [-0.4, -0.2) is 43.2 Å². The summed E-state index contributed by atoms with van der Waals surface area (Å²) in [7, 11) is 0. The highest BCUT2D eigenvalue weighted by atomic mass is 35.5. The lowest BCUT2D eigenvalue weighted by atomic mass is 9.77. The van der Waals surface area contributed by atoms with Crippen LogP contribution in [0.15, 0.2) is 64.2 Å². The average Bonchev–Trinajstić information content (AvgIpc) is 3.40. The molecule has 2 atom stereocenters. The molecule has 0 saturated carbocycles. The topological polar surface area (TPSA) is 58.6 Å². The van der Waals surface area contributed by atoms with Crippen molar-refractivity contribution in [3.05, 3.63) is 80.5 Å². The van der Waals surface area contributed by atoms with Gasteiger partial charge in [-0.2, -0.15) is 11.3 Å². The van der Waals surface area contributed by atoms with E-state index in [1.807, 2.05) is 29.0 Å². The third kappa shape index (κ3) is 4.60. The van der Waals surface area contributed by atoms with Gasteiger partial charge >= 0.3 is 0 Å². The van der Waals surface area contributed by atoms with Crippen LogP contribution in [0.2, 0.25) is 10.0 Å². The first-order chi connectivity index (χ1) is 16.5. The second kappa shape index (κ2) is 9.91. The zero-order chi connectivity index (χ0) is 23.7. The molecule has 0 bridgehead atoms. The van der Waals surface area contributed by atoms with Gasteiger partial charge in [-0.15, -0.1) is 11.8 Å². The Balaban J connectivity index is 1.45. The van der Waals surface area contributed by atoms with Crippen molar-refractivity contribution in [1.29, 1.82) is 0 Å². The fourth-order valence-electron chi connectivity index (χ4n) is 4.43. The van der Waals surface area contributed by atoms with Crippen LogP contribution in [0, 0.1) is 0 Å². The second-order valence-corrected chi connectivity index (χ2v) is 11.0. The molecule has 2 aliphatic heterocycles. The molecule has 5 nitrogen and oxygen atoms in total. The van der Waals surface area contributed by atoms with Crippen LogP contribution >= 0.6 is 46.3 Å². The summed E-state index contributed by atoms with van der Waals surface area (Å²) in [5, 5.41) is 7.22. The van der Waals surface area contributed by atoms with Gasteiger partial charge in [0.15, 0.2) is 5.78 Å². The van der Waals surface area contributed by atoms with E-state index < -0.39 is 10.8 Å². The van der Waals surface area contributed by atoms with Gasteiger partial charge in [0.1, 0.15) is 5.25 Å². The summed E-state index contributed by atoms with van der Waals surface area (Å²) >= 11 is 15.1. The number of nitrogens with one attached hydrogen (secondary N) is 1. The molecule has 3 heterocycles. The lowest BCUT2D eigenvalue weighted by Crippen LogP contribution is -2.57. The average molecular weight is 534 g/mol. The van der Waals surface area contributed by atoms with Crippen molar-refractivity contribution >= 4 is 63.7 Å². The molecular weight excluding hydrogens is 511 g/mol. The Bertz CT molecular complexity index is 1180. The molecule has 0 radical (unpaired) electrons. The zero-order valence-electron chi connectivity index (χ0n) is 18.1. The maximum absolute atomic E-state index is 13.4. The fraction of sp³-hybridized carbons (Fsp3) is 0.280. The standard InChI is InChI=1S/C25H22Cl2N2O3S2/c26-18-3-6-20(27)22(13-18)34-23-21(30)14-25(28-24(23)31,17-7-12-33-15-17)16-1-4-19(5-2-16)29-8-10-32-11-9-29/h1-7,12-13,15,23H,8-11,14H2,(H,28,31)/t23-,25-/m0/s1. The quantitative estimate of drug-likeness (QED) is 0.446. The summed E-state index contributed by atoms with van der Waals surface area (Å²) in [6.07, 6.45) is 0.155. The number of rotatable bonds is 5. The number of piperidine rings is 1. The third-order valence-corrected chi connectivity index (χ3v) is 8.86. The van der Waals surface area contributed by atoms with Crippen molar-refractivity contribution in [1.82, 2.24) is 5.32 Å². The number of carbonyl (C=O) groups is 2. The third-order valence-electron chi connectivity index (χ3n) is 6.19. The van der Waals surface area contributed by atoms with Crippen molar-refractivity contribution in [2.24, 2.45) is 0 Å². The minimum absolute atomic E-state index is 0.145. The molecule has 0 unspecified atom stereocenters. The summed E-state index contributed by atoms with van der Waals surface area (Å²) in [5.41, 5.74) is 1.98. The Labute approximate surface area is 216 Å². The molecule has 1 aromatic heterocycles. The van der Waals surface area contributed by atoms with Crippen LogP contribution in [0.25, 0.3) is 0 Å². The molecular formula is C25H22Cl2N2O3S2. The lowest BCUT2D eigenvalue weighted by molar-refractivity contribution is -0.132. The van der Waals surface area contributed by atoms with Crippen LogP contribution in [-0.2, 0) is 19.9 Å². The normalized spacial score (nSPS) is 23.1. The minimum atomic E-state index is -0.910. The SMILES string of the molecule is O=C1C[C@](c2ccc(N3CCOCC3)cc2)(c2ccsc2)NC(=O)[C@H]1Sc1cc(Cl)ccc1Cl. The molecule has 9 heteroatoms. The molecule has 2 aromatic carbocycles. The van der Waals surface area contributed by atoms with Gasteiger partial charge in [0, 0.05) is 35.1 Å². The number of ether oxygens (including phenoxy) is 1. The number of carbonyl (C=O) groups excluding carboxylic acids is 2. The molecule has 2 aliphatic rings. The van der Waals surface area contributed by atoms with Crippen molar-refractivity contribution in [2.75, 3.05) is 31.2 Å². The van der Waals surface area contributed by atoms with E-state index in [4.69, 9.17) is 27.9 Å². The number of thioether (sulfide) groups is 1. The largest absolute Gasteiger partial charge is 0.378 e. The Morgan fingerprint density at radius 2 is 1.79 bits per heavy atom. The van der Waals surface area contributed by atoms with E-state index in [9.17, 15) is 9.59 Å². The van der Waals surface area contributed by atoms with E-state index >= 15 is 0 Å². The van der Waals surface area contributed by atoms with E-state index in [0.29, 0.717) is 28.2 Å². The predicted molar refractivity (Wildman–Crippen MR) is 138 cm³/mol. The zero-order valence-corrected chi connectivity index (χ0v) is 21.3. The number of benzene rings is 2. The van der Waals surface area contributed by atoms with Gasteiger partial charge in [0.2, 0.25) is 5.91 Å². The highest BCUT2D eigenvalue weighted by molar-refractivity contribution is 8.01. The molecule has 176 valence electrons. The van der Waals surface area contributed by atoms with Gasteiger partial charge < -0.3 is 15.0 Å². The number of halogens is 2. The second-order valence-electron chi connectivity index (χ2n) is 8.27. The summed E-state index contributed by atoms with van der Waals surface area (Å²) < 4.78 is 5.45. The number of ketones is 1. The van der Waals surface area contributed by atoms with Crippen molar-refractivity contribution in [3.8, 4) is 0 Å². The maximum atomic E-state index is 13.4. The number of amides is 1. The molecule has 2 fully saturated rings. The van der Waals surface area contributed by atoms with Gasteiger partial charge in [-0.1, -0.05) is 35.3 Å². The van der Waals surface area contributed by atoms with Crippen LogP contribution < -0.4 is 10.2 Å². The Morgan fingerprint density at radius 3 is 2.47 bits per heavy atom.